The number of carbonyl (C=O) groups excluding carboxylic acids is 1. The third kappa shape index (κ3) is 5.66. The van der Waals surface area contributed by atoms with Gasteiger partial charge < -0.3 is 4.90 Å². The number of rotatable bonds is 7. The molecule has 142 valence electrons. The summed E-state index contributed by atoms with van der Waals surface area (Å²) in [6.45, 7) is 0.620. The summed E-state index contributed by atoms with van der Waals surface area (Å²) in [5.41, 5.74) is 2.36. The van der Waals surface area contributed by atoms with Gasteiger partial charge in [-0.2, -0.15) is 11.8 Å². The third-order valence-corrected chi connectivity index (χ3v) is 7.06. The van der Waals surface area contributed by atoms with Crippen LogP contribution in [0.2, 0.25) is 0 Å². The van der Waals surface area contributed by atoms with E-state index in [4.69, 9.17) is 0 Å². The SMILES string of the molecule is CSCC(=O)N(Cc1ccccc1Br)C1=C(Sc2ccccc2)CCCC1. The summed E-state index contributed by atoms with van der Waals surface area (Å²) in [5, 5.41) is 0. The molecule has 0 atom stereocenters. The van der Waals surface area contributed by atoms with Gasteiger partial charge >= 0.3 is 0 Å². The molecular formula is C22H24BrNOS2. The van der Waals surface area contributed by atoms with E-state index >= 15 is 0 Å². The molecule has 27 heavy (non-hydrogen) atoms. The smallest absolute Gasteiger partial charge is 0.237 e. The molecule has 0 bridgehead atoms. The van der Waals surface area contributed by atoms with Gasteiger partial charge in [0.15, 0.2) is 0 Å². The van der Waals surface area contributed by atoms with Crippen molar-refractivity contribution in [2.75, 3.05) is 12.0 Å². The van der Waals surface area contributed by atoms with Gasteiger partial charge in [0.25, 0.3) is 0 Å². The van der Waals surface area contributed by atoms with Gasteiger partial charge in [0.1, 0.15) is 0 Å². The second-order valence-corrected chi connectivity index (χ2v) is 9.39. The minimum absolute atomic E-state index is 0.196. The highest BCUT2D eigenvalue weighted by Gasteiger charge is 2.24. The minimum Gasteiger partial charge on any atom is -0.310 e. The molecule has 0 aliphatic heterocycles. The number of allylic oxidation sites excluding steroid dienone is 2. The molecule has 2 aromatic carbocycles. The fourth-order valence-corrected chi connectivity index (χ4v) is 5.19. The van der Waals surface area contributed by atoms with Gasteiger partial charge in [-0.25, -0.2) is 0 Å². The van der Waals surface area contributed by atoms with E-state index in [-0.39, 0.29) is 5.91 Å². The Balaban J connectivity index is 1.94. The molecule has 0 saturated carbocycles. The molecule has 0 saturated heterocycles. The molecule has 0 N–H and O–H groups in total. The van der Waals surface area contributed by atoms with Crippen LogP contribution in [0.25, 0.3) is 0 Å². The van der Waals surface area contributed by atoms with Crippen LogP contribution in [0.4, 0.5) is 0 Å². The van der Waals surface area contributed by atoms with E-state index < -0.39 is 0 Å². The summed E-state index contributed by atoms with van der Waals surface area (Å²) in [6, 6.07) is 18.7. The van der Waals surface area contributed by atoms with Crippen molar-refractivity contribution in [2.24, 2.45) is 0 Å². The highest BCUT2D eigenvalue weighted by atomic mass is 79.9. The first-order valence-corrected chi connectivity index (χ1v) is 12.2. The van der Waals surface area contributed by atoms with Crippen LogP contribution in [-0.2, 0) is 11.3 Å². The molecule has 0 heterocycles. The predicted octanol–water partition coefficient (Wildman–Crippen LogP) is 6.72. The number of carbonyl (C=O) groups is 1. The number of halogens is 1. The van der Waals surface area contributed by atoms with Crippen LogP contribution in [0.3, 0.4) is 0 Å². The number of nitrogens with zero attached hydrogens (tertiary/aromatic N) is 1. The fraction of sp³-hybridized carbons (Fsp3) is 0.318. The van der Waals surface area contributed by atoms with Crippen LogP contribution in [0.5, 0.6) is 0 Å². The molecule has 2 nitrogen and oxygen atoms in total. The van der Waals surface area contributed by atoms with Gasteiger partial charge in [-0.1, -0.05) is 64.1 Å². The highest BCUT2D eigenvalue weighted by Crippen LogP contribution is 2.39. The lowest BCUT2D eigenvalue weighted by Gasteiger charge is -2.31. The Bertz CT molecular complexity index is 807. The van der Waals surface area contributed by atoms with Gasteiger partial charge in [-0.15, -0.1) is 0 Å². The topological polar surface area (TPSA) is 20.3 Å². The van der Waals surface area contributed by atoms with Crippen LogP contribution >= 0.6 is 39.5 Å². The predicted molar refractivity (Wildman–Crippen MR) is 121 cm³/mol. The van der Waals surface area contributed by atoms with Gasteiger partial charge in [-0.3, -0.25) is 4.79 Å². The number of thioether (sulfide) groups is 2. The van der Waals surface area contributed by atoms with Crippen molar-refractivity contribution in [3.63, 3.8) is 0 Å². The highest BCUT2D eigenvalue weighted by molar-refractivity contribution is 9.10. The average molecular weight is 462 g/mol. The van der Waals surface area contributed by atoms with Crippen LogP contribution < -0.4 is 0 Å². The van der Waals surface area contributed by atoms with Crippen LogP contribution in [0, 0.1) is 0 Å². The van der Waals surface area contributed by atoms with Crippen molar-refractivity contribution in [3.05, 3.63) is 75.2 Å². The Hall–Kier alpha value is -1.17. The zero-order valence-electron chi connectivity index (χ0n) is 15.5. The quantitative estimate of drug-likeness (QED) is 0.456. The van der Waals surface area contributed by atoms with E-state index in [9.17, 15) is 4.79 Å². The zero-order valence-corrected chi connectivity index (χ0v) is 18.7. The van der Waals surface area contributed by atoms with Crippen molar-refractivity contribution in [3.8, 4) is 0 Å². The maximum atomic E-state index is 13.0. The van der Waals surface area contributed by atoms with Crippen molar-refractivity contribution >= 4 is 45.4 Å². The van der Waals surface area contributed by atoms with E-state index in [1.54, 1.807) is 11.8 Å². The summed E-state index contributed by atoms with van der Waals surface area (Å²) >= 11 is 7.05. The Morgan fingerprint density at radius 1 is 1.04 bits per heavy atom. The molecule has 2 aromatic rings. The Morgan fingerprint density at radius 2 is 1.74 bits per heavy atom. The van der Waals surface area contributed by atoms with Gasteiger partial charge in [0.2, 0.25) is 5.91 Å². The first-order chi connectivity index (χ1) is 13.2. The first-order valence-electron chi connectivity index (χ1n) is 9.16. The first kappa shape index (κ1) is 20.6. The van der Waals surface area contributed by atoms with Crippen molar-refractivity contribution < 1.29 is 4.79 Å². The lowest BCUT2D eigenvalue weighted by Crippen LogP contribution is -2.33. The van der Waals surface area contributed by atoms with Crippen molar-refractivity contribution in [1.82, 2.24) is 4.90 Å². The van der Waals surface area contributed by atoms with Gasteiger partial charge in [0.05, 0.1) is 12.3 Å². The van der Waals surface area contributed by atoms with E-state index in [0.29, 0.717) is 12.3 Å². The second-order valence-electron chi connectivity index (χ2n) is 6.50. The molecule has 3 rings (SSSR count). The van der Waals surface area contributed by atoms with E-state index in [2.05, 4.69) is 46.3 Å². The standard InChI is InChI=1S/C22H24BrNOS2/c1-26-16-22(25)24(15-17-9-5-6-12-19(17)23)20-13-7-8-14-21(20)27-18-10-3-2-4-11-18/h2-6,9-12H,7-8,13-16H2,1H3. The van der Waals surface area contributed by atoms with Crippen LogP contribution in [-0.4, -0.2) is 22.8 Å². The molecule has 1 aliphatic rings. The molecule has 0 fully saturated rings. The number of benzene rings is 2. The Morgan fingerprint density at radius 3 is 2.48 bits per heavy atom. The molecular weight excluding hydrogens is 438 g/mol. The normalized spacial score (nSPS) is 14.3. The second kappa shape index (κ2) is 10.4. The summed E-state index contributed by atoms with van der Waals surface area (Å²) in [5.74, 6) is 0.707. The third-order valence-electron chi connectivity index (χ3n) is 4.55. The fourth-order valence-electron chi connectivity index (χ4n) is 3.22. The number of hydrogen-bond acceptors (Lipinski definition) is 3. The van der Waals surface area contributed by atoms with Crippen LogP contribution in [0.1, 0.15) is 31.2 Å². The maximum absolute atomic E-state index is 13.0. The van der Waals surface area contributed by atoms with E-state index in [1.165, 1.54) is 21.9 Å². The van der Waals surface area contributed by atoms with E-state index in [0.717, 1.165) is 29.3 Å². The lowest BCUT2D eigenvalue weighted by molar-refractivity contribution is -0.127. The molecule has 0 spiro atoms. The van der Waals surface area contributed by atoms with E-state index in [1.807, 2.05) is 47.2 Å². The van der Waals surface area contributed by atoms with Crippen molar-refractivity contribution in [2.45, 2.75) is 37.1 Å². The van der Waals surface area contributed by atoms with Crippen molar-refractivity contribution in [1.29, 1.82) is 0 Å². The molecule has 0 aromatic heterocycles. The van der Waals surface area contributed by atoms with Crippen LogP contribution in [0.15, 0.2) is 74.6 Å². The molecule has 5 heteroatoms. The Labute approximate surface area is 178 Å². The van der Waals surface area contributed by atoms with Gasteiger partial charge in [0, 0.05) is 20.0 Å². The average Bonchev–Trinajstić information content (AvgIpc) is 2.69. The zero-order chi connectivity index (χ0) is 19.1. The molecule has 0 unspecified atom stereocenters. The molecule has 1 aliphatic carbocycles. The number of hydrogen-bond donors (Lipinski definition) is 0. The maximum Gasteiger partial charge on any atom is 0.237 e. The van der Waals surface area contributed by atoms with Gasteiger partial charge in [-0.05, 0) is 55.7 Å². The monoisotopic (exact) mass is 461 g/mol. The Kier molecular flexibility index (Phi) is 7.92. The summed E-state index contributed by atoms with van der Waals surface area (Å²) in [4.78, 5) is 17.6. The lowest BCUT2D eigenvalue weighted by atomic mass is 10.0. The number of amides is 1. The largest absolute Gasteiger partial charge is 0.310 e. The minimum atomic E-state index is 0.196. The summed E-state index contributed by atoms with van der Waals surface area (Å²) in [7, 11) is 0. The molecule has 1 amide bonds. The summed E-state index contributed by atoms with van der Waals surface area (Å²) < 4.78 is 1.06. The molecule has 0 radical (unpaired) electrons. The summed E-state index contributed by atoms with van der Waals surface area (Å²) in [6.07, 6.45) is 6.35.